The number of hydrogen-bond donors (Lipinski definition) is 1. The van der Waals surface area contributed by atoms with Crippen LogP contribution in [0.3, 0.4) is 0 Å². The SMILES string of the molecule is O=C(O)c1ccc(N2C3CCC2CC(OCc2c(-c4cccnc4C(F)(F)F)noc2C2CC2)C3)nc1. The van der Waals surface area contributed by atoms with E-state index in [1.54, 1.807) is 12.1 Å². The lowest BCUT2D eigenvalue weighted by Crippen LogP contribution is -2.46. The molecular formula is C26H25F3N4O4. The van der Waals surface area contributed by atoms with Gasteiger partial charge in [0.05, 0.1) is 18.3 Å². The predicted molar refractivity (Wildman–Crippen MR) is 125 cm³/mol. The van der Waals surface area contributed by atoms with E-state index in [1.807, 2.05) is 0 Å². The Bertz CT molecular complexity index is 1290. The van der Waals surface area contributed by atoms with Crippen molar-refractivity contribution < 1.29 is 32.3 Å². The average Bonchev–Trinajstić information content (AvgIpc) is 3.58. The van der Waals surface area contributed by atoms with Gasteiger partial charge in [0.1, 0.15) is 17.3 Å². The molecule has 6 rings (SSSR count). The first-order valence-electron chi connectivity index (χ1n) is 12.4. The average molecular weight is 515 g/mol. The van der Waals surface area contributed by atoms with E-state index < -0.39 is 17.8 Å². The standard InChI is InChI=1S/C26H25F3N4O4/c27-26(28,29)24-19(2-1-9-30-24)22-20(23(37-32-22)14-3-4-14)13-36-18-10-16-6-7-17(11-18)33(16)21-8-5-15(12-31-21)25(34)35/h1-2,5,8-9,12,14,16-18H,3-4,6-7,10-11,13H2,(H,34,35). The Morgan fingerprint density at radius 3 is 2.49 bits per heavy atom. The molecule has 3 fully saturated rings. The van der Waals surface area contributed by atoms with E-state index >= 15 is 0 Å². The van der Waals surface area contributed by atoms with Crippen LogP contribution in [0.5, 0.6) is 0 Å². The Labute approximate surface area is 210 Å². The highest BCUT2D eigenvalue weighted by atomic mass is 19.4. The number of aromatic nitrogens is 3. The molecule has 2 saturated heterocycles. The number of halogens is 3. The van der Waals surface area contributed by atoms with Crippen LogP contribution in [0.1, 0.15) is 71.8 Å². The number of aromatic carboxylic acids is 1. The number of carboxylic acids is 1. The topological polar surface area (TPSA) is 102 Å². The normalized spacial score (nSPS) is 23.4. The summed E-state index contributed by atoms with van der Waals surface area (Å²) in [6.07, 6.45) is 3.09. The Kier molecular flexibility index (Phi) is 5.89. The van der Waals surface area contributed by atoms with Crippen LogP contribution in [0, 0.1) is 0 Å². The van der Waals surface area contributed by atoms with Crippen molar-refractivity contribution in [3.8, 4) is 11.3 Å². The van der Waals surface area contributed by atoms with Gasteiger partial charge < -0.3 is 19.3 Å². The van der Waals surface area contributed by atoms with Crippen LogP contribution < -0.4 is 4.90 Å². The molecule has 0 spiro atoms. The van der Waals surface area contributed by atoms with Gasteiger partial charge in [0, 0.05) is 41.5 Å². The van der Waals surface area contributed by atoms with Gasteiger partial charge in [-0.1, -0.05) is 5.16 Å². The van der Waals surface area contributed by atoms with Gasteiger partial charge in [-0.2, -0.15) is 13.2 Å². The zero-order chi connectivity index (χ0) is 25.7. The van der Waals surface area contributed by atoms with Crippen LogP contribution >= 0.6 is 0 Å². The van der Waals surface area contributed by atoms with Crippen molar-refractivity contribution >= 4 is 11.8 Å². The first-order valence-corrected chi connectivity index (χ1v) is 12.4. The number of ether oxygens (including phenoxy) is 1. The number of hydrogen-bond acceptors (Lipinski definition) is 7. The molecule has 194 valence electrons. The first-order chi connectivity index (χ1) is 17.8. The van der Waals surface area contributed by atoms with Gasteiger partial charge in [0.15, 0.2) is 5.69 Å². The highest BCUT2D eigenvalue weighted by Gasteiger charge is 2.43. The van der Waals surface area contributed by atoms with Gasteiger partial charge in [-0.15, -0.1) is 0 Å². The molecular weight excluding hydrogens is 489 g/mol. The van der Waals surface area contributed by atoms with E-state index in [9.17, 15) is 18.0 Å². The van der Waals surface area contributed by atoms with E-state index in [4.69, 9.17) is 14.4 Å². The van der Waals surface area contributed by atoms with Crippen LogP contribution in [0.4, 0.5) is 19.0 Å². The summed E-state index contributed by atoms with van der Waals surface area (Å²) in [7, 11) is 0. The fourth-order valence-electron chi connectivity index (χ4n) is 5.67. The Balaban J connectivity index is 1.20. The Morgan fingerprint density at radius 2 is 1.86 bits per heavy atom. The third-order valence-corrected chi connectivity index (χ3v) is 7.51. The number of nitrogens with zero attached hydrogens (tertiary/aromatic N) is 4. The molecule has 3 aromatic heterocycles. The van der Waals surface area contributed by atoms with Gasteiger partial charge >= 0.3 is 12.1 Å². The Hall–Kier alpha value is -3.47. The molecule has 2 bridgehead atoms. The van der Waals surface area contributed by atoms with Crippen LogP contribution in [0.25, 0.3) is 11.3 Å². The van der Waals surface area contributed by atoms with Gasteiger partial charge in [0.25, 0.3) is 0 Å². The van der Waals surface area contributed by atoms with Crippen molar-refractivity contribution in [3.05, 3.63) is 59.2 Å². The van der Waals surface area contributed by atoms with Crippen LogP contribution in [-0.2, 0) is 17.5 Å². The second kappa shape index (κ2) is 9.13. The molecule has 1 N–H and O–H groups in total. The van der Waals surface area contributed by atoms with Gasteiger partial charge in [-0.05, 0) is 62.8 Å². The first kappa shape index (κ1) is 23.9. The van der Waals surface area contributed by atoms with E-state index in [1.165, 1.54) is 18.3 Å². The number of alkyl halides is 3. The smallest absolute Gasteiger partial charge is 0.434 e. The van der Waals surface area contributed by atoms with Crippen molar-refractivity contribution in [1.29, 1.82) is 0 Å². The molecule has 0 radical (unpaired) electrons. The maximum atomic E-state index is 13.7. The number of pyridine rings is 2. The minimum atomic E-state index is -4.61. The summed E-state index contributed by atoms with van der Waals surface area (Å²) in [4.78, 5) is 21.3. The number of piperidine rings is 1. The van der Waals surface area contributed by atoms with Crippen molar-refractivity contribution in [2.24, 2.45) is 0 Å². The quantitative estimate of drug-likeness (QED) is 0.445. The molecule has 37 heavy (non-hydrogen) atoms. The summed E-state index contributed by atoms with van der Waals surface area (Å²) in [5, 5.41) is 13.2. The third kappa shape index (κ3) is 4.56. The van der Waals surface area contributed by atoms with Crippen molar-refractivity contribution in [3.63, 3.8) is 0 Å². The minimum Gasteiger partial charge on any atom is -0.478 e. The fraction of sp³-hybridized carbons (Fsp3) is 0.462. The molecule has 2 aliphatic heterocycles. The van der Waals surface area contributed by atoms with E-state index in [0.717, 1.165) is 50.5 Å². The number of anilines is 1. The lowest BCUT2D eigenvalue weighted by atomic mass is 9.99. The molecule has 5 heterocycles. The van der Waals surface area contributed by atoms with E-state index in [-0.39, 0.29) is 47.5 Å². The van der Waals surface area contributed by atoms with Crippen LogP contribution in [0.2, 0.25) is 0 Å². The highest BCUT2D eigenvalue weighted by molar-refractivity contribution is 5.87. The molecule has 11 heteroatoms. The molecule has 1 saturated carbocycles. The molecule has 3 aliphatic rings. The van der Waals surface area contributed by atoms with Crippen molar-refractivity contribution in [2.75, 3.05) is 4.90 Å². The maximum absolute atomic E-state index is 13.7. The zero-order valence-electron chi connectivity index (χ0n) is 19.8. The largest absolute Gasteiger partial charge is 0.478 e. The second-order valence-corrected chi connectivity index (χ2v) is 9.95. The monoisotopic (exact) mass is 514 g/mol. The lowest BCUT2D eigenvalue weighted by Gasteiger charge is -2.39. The van der Waals surface area contributed by atoms with E-state index in [2.05, 4.69) is 20.0 Å². The summed E-state index contributed by atoms with van der Waals surface area (Å²) < 4.78 is 52.9. The molecule has 3 aromatic rings. The molecule has 0 aromatic carbocycles. The van der Waals surface area contributed by atoms with Crippen LogP contribution in [0.15, 0.2) is 41.2 Å². The van der Waals surface area contributed by atoms with E-state index in [0.29, 0.717) is 11.3 Å². The highest BCUT2D eigenvalue weighted by Crippen LogP contribution is 2.46. The predicted octanol–water partition coefficient (Wildman–Crippen LogP) is 5.44. The number of fused-ring (bicyclic) bond motifs is 2. The fourth-order valence-corrected chi connectivity index (χ4v) is 5.67. The molecule has 2 unspecified atom stereocenters. The van der Waals surface area contributed by atoms with Crippen LogP contribution in [-0.4, -0.2) is 44.4 Å². The molecule has 2 atom stereocenters. The molecule has 1 aliphatic carbocycles. The summed E-state index contributed by atoms with van der Waals surface area (Å²) in [5.74, 6) is 0.504. The van der Waals surface area contributed by atoms with Crippen molar-refractivity contribution in [1.82, 2.24) is 15.1 Å². The lowest BCUT2D eigenvalue weighted by molar-refractivity contribution is -0.140. The van der Waals surface area contributed by atoms with Gasteiger partial charge in [-0.3, -0.25) is 4.98 Å². The third-order valence-electron chi connectivity index (χ3n) is 7.51. The molecule has 0 amide bonds. The Morgan fingerprint density at radius 1 is 1.11 bits per heavy atom. The summed E-state index contributed by atoms with van der Waals surface area (Å²) in [6, 6.07) is 6.54. The number of rotatable bonds is 7. The zero-order valence-corrected chi connectivity index (χ0v) is 19.8. The number of carboxylic acid groups (broad SMARTS) is 1. The van der Waals surface area contributed by atoms with Gasteiger partial charge in [-0.25, -0.2) is 9.78 Å². The summed E-state index contributed by atoms with van der Waals surface area (Å²) in [6.45, 7) is 0.118. The summed E-state index contributed by atoms with van der Waals surface area (Å²) >= 11 is 0. The molecule has 8 nitrogen and oxygen atoms in total. The minimum absolute atomic E-state index is 0.0715. The summed E-state index contributed by atoms with van der Waals surface area (Å²) in [5.41, 5.74) is -0.227. The van der Waals surface area contributed by atoms with Crippen molar-refractivity contribution in [2.45, 2.75) is 75.4 Å². The number of carbonyl (C=O) groups is 1. The maximum Gasteiger partial charge on any atom is 0.434 e. The van der Waals surface area contributed by atoms with Gasteiger partial charge in [0.2, 0.25) is 0 Å². The second-order valence-electron chi connectivity index (χ2n) is 9.95.